The SMILES string of the molecule is O=C(CCCCCN1C(=O)c2cccc(F)c2C1=O)OOC(=O)CCCCCN1C(=O)c2cccc(F)c2C1=O. The Hall–Kier alpha value is -4.48. The van der Waals surface area contributed by atoms with Gasteiger partial charge in [0, 0.05) is 13.1 Å². The van der Waals surface area contributed by atoms with Crippen LogP contribution >= 0.6 is 0 Å². The van der Waals surface area contributed by atoms with Crippen LogP contribution in [0.5, 0.6) is 0 Å². The van der Waals surface area contributed by atoms with Crippen LogP contribution in [0.25, 0.3) is 0 Å². The molecule has 0 N–H and O–H groups in total. The van der Waals surface area contributed by atoms with Crippen LogP contribution in [0.1, 0.15) is 92.8 Å². The Morgan fingerprint density at radius 3 is 1.35 bits per heavy atom. The van der Waals surface area contributed by atoms with Crippen molar-refractivity contribution in [2.24, 2.45) is 0 Å². The molecule has 2 aliphatic heterocycles. The third kappa shape index (κ3) is 6.05. The quantitative estimate of drug-likeness (QED) is 0.166. The zero-order chi connectivity index (χ0) is 28.8. The van der Waals surface area contributed by atoms with Crippen LogP contribution < -0.4 is 0 Å². The van der Waals surface area contributed by atoms with Crippen molar-refractivity contribution in [2.45, 2.75) is 51.4 Å². The maximum atomic E-state index is 13.9. The van der Waals surface area contributed by atoms with Crippen LogP contribution in [-0.2, 0) is 19.4 Å². The standard InChI is InChI=1S/C28H26F2N2O8/c29-19-11-7-9-17-23(19)27(37)31(25(17)35)15-5-1-3-13-21(33)39-40-22(34)14-4-2-6-16-32-26(36)18-10-8-12-20(30)24(18)28(32)38/h7-12H,1-6,13-16H2. The van der Waals surface area contributed by atoms with Crippen molar-refractivity contribution in [3.05, 3.63) is 70.3 Å². The van der Waals surface area contributed by atoms with Gasteiger partial charge in [0.25, 0.3) is 23.6 Å². The van der Waals surface area contributed by atoms with E-state index in [1.807, 2.05) is 0 Å². The number of halogens is 2. The molecule has 2 aromatic carbocycles. The predicted octanol–water partition coefficient (Wildman–Crippen LogP) is 3.98. The fourth-order valence-corrected chi connectivity index (χ4v) is 4.60. The third-order valence-electron chi connectivity index (χ3n) is 6.65. The van der Waals surface area contributed by atoms with Crippen LogP contribution in [0.2, 0.25) is 0 Å². The molecular formula is C28H26F2N2O8. The molecule has 0 atom stereocenters. The molecule has 4 rings (SSSR count). The van der Waals surface area contributed by atoms with E-state index < -0.39 is 47.2 Å². The van der Waals surface area contributed by atoms with Gasteiger partial charge in [-0.25, -0.2) is 28.1 Å². The molecule has 12 heteroatoms. The zero-order valence-corrected chi connectivity index (χ0v) is 21.5. The highest BCUT2D eigenvalue weighted by Crippen LogP contribution is 2.26. The van der Waals surface area contributed by atoms with E-state index in [9.17, 15) is 37.5 Å². The summed E-state index contributed by atoms with van der Waals surface area (Å²) >= 11 is 0. The molecule has 0 aromatic heterocycles. The molecule has 0 spiro atoms. The largest absolute Gasteiger partial charge is 0.355 e. The molecule has 0 fully saturated rings. The smallest absolute Gasteiger partial charge is 0.274 e. The Bertz CT molecular complexity index is 1270. The molecule has 0 saturated carbocycles. The number of rotatable bonds is 12. The van der Waals surface area contributed by atoms with Gasteiger partial charge in [-0.05, 0) is 49.9 Å². The molecule has 4 amide bonds. The molecule has 10 nitrogen and oxygen atoms in total. The minimum absolute atomic E-state index is 0.0369. The number of carbonyl (C=O) groups is 6. The van der Waals surface area contributed by atoms with Crippen molar-refractivity contribution < 1.29 is 47.3 Å². The number of carbonyl (C=O) groups excluding carboxylic acids is 6. The van der Waals surface area contributed by atoms with E-state index in [1.165, 1.54) is 24.3 Å². The van der Waals surface area contributed by atoms with E-state index in [1.54, 1.807) is 0 Å². The lowest BCUT2D eigenvalue weighted by molar-refractivity contribution is -0.259. The molecule has 210 valence electrons. The molecule has 0 radical (unpaired) electrons. The third-order valence-corrected chi connectivity index (χ3v) is 6.65. The van der Waals surface area contributed by atoms with Crippen LogP contribution in [0.4, 0.5) is 8.78 Å². The Morgan fingerprint density at radius 2 is 0.975 bits per heavy atom. The normalized spacial score (nSPS) is 14.1. The first-order chi connectivity index (χ1) is 19.2. The number of amides is 4. The van der Waals surface area contributed by atoms with E-state index in [4.69, 9.17) is 0 Å². The summed E-state index contributed by atoms with van der Waals surface area (Å²) in [7, 11) is 0. The number of imide groups is 2. The van der Waals surface area contributed by atoms with Crippen molar-refractivity contribution in [3.63, 3.8) is 0 Å². The number of hydrogen-bond donors (Lipinski definition) is 0. The Balaban J connectivity index is 1.04. The minimum atomic E-state index is -0.756. The van der Waals surface area contributed by atoms with Gasteiger partial charge in [-0.1, -0.05) is 25.0 Å². The van der Waals surface area contributed by atoms with Crippen LogP contribution in [-0.4, -0.2) is 58.5 Å². The van der Waals surface area contributed by atoms with Gasteiger partial charge in [-0.15, -0.1) is 0 Å². The highest BCUT2D eigenvalue weighted by Gasteiger charge is 2.38. The van der Waals surface area contributed by atoms with Crippen LogP contribution in [0.3, 0.4) is 0 Å². The fraction of sp³-hybridized carbons (Fsp3) is 0.357. The van der Waals surface area contributed by atoms with E-state index in [0.717, 1.165) is 21.9 Å². The lowest BCUT2D eigenvalue weighted by Gasteiger charge is -2.13. The molecule has 2 aliphatic rings. The highest BCUT2D eigenvalue weighted by atomic mass is 19.1. The molecular weight excluding hydrogens is 530 g/mol. The van der Waals surface area contributed by atoms with E-state index in [0.29, 0.717) is 38.5 Å². The maximum absolute atomic E-state index is 13.9. The molecule has 0 saturated heterocycles. The summed E-state index contributed by atoms with van der Waals surface area (Å²) in [6, 6.07) is 7.78. The van der Waals surface area contributed by atoms with Gasteiger partial charge >= 0.3 is 11.9 Å². The van der Waals surface area contributed by atoms with E-state index >= 15 is 0 Å². The first-order valence-corrected chi connectivity index (χ1v) is 12.9. The van der Waals surface area contributed by atoms with Crippen molar-refractivity contribution >= 4 is 35.6 Å². The Kier molecular flexibility index (Phi) is 8.97. The Morgan fingerprint density at radius 1 is 0.575 bits per heavy atom. The second-order valence-electron chi connectivity index (χ2n) is 9.38. The molecule has 40 heavy (non-hydrogen) atoms. The second-order valence-corrected chi connectivity index (χ2v) is 9.38. The molecule has 2 aromatic rings. The predicted molar refractivity (Wildman–Crippen MR) is 133 cm³/mol. The summed E-state index contributed by atoms with van der Waals surface area (Å²) in [5.74, 6) is -5.45. The minimum Gasteiger partial charge on any atom is -0.274 e. The average Bonchev–Trinajstić information content (AvgIpc) is 3.32. The lowest BCUT2D eigenvalue weighted by Crippen LogP contribution is -2.30. The summed E-state index contributed by atoms with van der Waals surface area (Å²) in [4.78, 5) is 83.8. The van der Waals surface area contributed by atoms with Gasteiger partial charge in [-0.2, -0.15) is 0 Å². The van der Waals surface area contributed by atoms with Crippen molar-refractivity contribution in [1.82, 2.24) is 9.80 Å². The first kappa shape index (κ1) is 28.5. The number of fused-ring (bicyclic) bond motifs is 2. The fourth-order valence-electron chi connectivity index (χ4n) is 4.60. The molecule has 0 aliphatic carbocycles. The highest BCUT2D eigenvalue weighted by molar-refractivity contribution is 6.22. The van der Waals surface area contributed by atoms with Gasteiger partial charge in [0.15, 0.2) is 0 Å². The lowest BCUT2D eigenvalue weighted by atomic mass is 10.1. The zero-order valence-electron chi connectivity index (χ0n) is 21.5. The van der Waals surface area contributed by atoms with Crippen LogP contribution in [0, 0.1) is 11.6 Å². The number of hydrogen-bond acceptors (Lipinski definition) is 8. The van der Waals surface area contributed by atoms with Gasteiger partial charge in [0.1, 0.15) is 11.6 Å². The van der Waals surface area contributed by atoms with Crippen molar-refractivity contribution in [1.29, 1.82) is 0 Å². The van der Waals surface area contributed by atoms with Gasteiger partial charge < -0.3 is 0 Å². The summed E-state index contributed by atoms with van der Waals surface area (Å²) in [6.07, 6.45) is 2.35. The molecule has 2 heterocycles. The number of benzene rings is 2. The number of nitrogens with zero attached hydrogens (tertiary/aromatic N) is 2. The second kappa shape index (κ2) is 12.6. The van der Waals surface area contributed by atoms with Crippen LogP contribution in [0.15, 0.2) is 36.4 Å². The van der Waals surface area contributed by atoms with E-state index in [-0.39, 0.29) is 48.2 Å². The summed E-state index contributed by atoms with van der Waals surface area (Å²) in [5.41, 5.74) is -0.376. The average molecular weight is 557 g/mol. The van der Waals surface area contributed by atoms with E-state index in [2.05, 4.69) is 9.78 Å². The maximum Gasteiger partial charge on any atom is 0.355 e. The summed E-state index contributed by atoms with van der Waals surface area (Å²) < 4.78 is 27.7. The topological polar surface area (TPSA) is 127 Å². The van der Waals surface area contributed by atoms with Gasteiger partial charge in [0.05, 0.1) is 35.1 Å². The number of unbranched alkanes of at least 4 members (excludes halogenated alkanes) is 4. The molecule has 0 bridgehead atoms. The first-order valence-electron chi connectivity index (χ1n) is 12.9. The summed E-state index contributed by atoms with van der Waals surface area (Å²) in [5, 5.41) is 0. The van der Waals surface area contributed by atoms with Crippen molar-refractivity contribution in [2.75, 3.05) is 13.1 Å². The van der Waals surface area contributed by atoms with Gasteiger partial charge in [-0.3, -0.25) is 29.0 Å². The Labute approximate surface area is 227 Å². The molecule has 0 unspecified atom stereocenters. The monoisotopic (exact) mass is 556 g/mol. The van der Waals surface area contributed by atoms with Gasteiger partial charge in [0.2, 0.25) is 0 Å². The van der Waals surface area contributed by atoms with Crippen molar-refractivity contribution in [3.8, 4) is 0 Å². The summed E-state index contributed by atoms with van der Waals surface area (Å²) in [6.45, 7) is 0.166.